The predicted molar refractivity (Wildman–Crippen MR) is 69.1 cm³/mol. The van der Waals surface area contributed by atoms with Crippen LogP contribution >= 0.6 is 0 Å². The van der Waals surface area contributed by atoms with Crippen molar-refractivity contribution < 1.29 is 14.6 Å². The van der Waals surface area contributed by atoms with Gasteiger partial charge in [-0.3, -0.25) is 4.90 Å². The van der Waals surface area contributed by atoms with Crippen LogP contribution in [0.1, 0.15) is 12.0 Å². The molecule has 0 aliphatic carbocycles. The van der Waals surface area contributed by atoms with Crippen LogP contribution in [-0.4, -0.2) is 49.2 Å². The highest BCUT2D eigenvalue weighted by atomic mass is 16.7. The lowest BCUT2D eigenvalue weighted by Gasteiger charge is -2.22. The fraction of sp³-hybridized carbons (Fsp3) is 0.571. The number of aliphatic hydroxyl groups is 1. The van der Waals surface area contributed by atoms with Gasteiger partial charge in [-0.25, -0.2) is 0 Å². The molecule has 0 spiro atoms. The molecule has 4 nitrogen and oxygen atoms in total. The predicted octanol–water partition coefficient (Wildman–Crippen LogP) is 1.24. The van der Waals surface area contributed by atoms with Crippen molar-refractivity contribution in [2.45, 2.75) is 19.3 Å². The standard InChI is InChI=1S/C14H21NO3/c16-9-8-15(7-6-14-17-10-11-18-14)12-13-4-2-1-3-5-13/h1-5,14,16H,6-12H2. The molecule has 1 fully saturated rings. The Morgan fingerprint density at radius 2 is 1.83 bits per heavy atom. The van der Waals surface area contributed by atoms with Gasteiger partial charge in [0.05, 0.1) is 19.8 Å². The Morgan fingerprint density at radius 1 is 1.11 bits per heavy atom. The SMILES string of the molecule is OCCN(CCC1OCCO1)Cc1ccccc1. The average Bonchev–Trinajstić information content (AvgIpc) is 2.91. The number of aliphatic hydroxyl groups excluding tert-OH is 1. The zero-order valence-corrected chi connectivity index (χ0v) is 10.6. The molecule has 0 amide bonds. The van der Waals surface area contributed by atoms with Crippen LogP contribution in [0.2, 0.25) is 0 Å². The first-order valence-corrected chi connectivity index (χ1v) is 6.49. The van der Waals surface area contributed by atoms with Gasteiger partial charge in [0.15, 0.2) is 6.29 Å². The molecule has 1 saturated heterocycles. The van der Waals surface area contributed by atoms with Crippen LogP contribution < -0.4 is 0 Å². The molecule has 1 aliphatic heterocycles. The summed E-state index contributed by atoms with van der Waals surface area (Å²) in [5.41, 5.74) is 1.26. The second-order valence-corrected chi connectivity index (χ2v) is 4.45. The topological polar surface area (TPSA) is 41.9 Å². The van der Waals surface area contributed by atoms with Gasteiger partial charge < -0.3 is 14.6 Å². The summed E-state index contributed by atoms with van der Waals surface area (Å²) in [6.45, 7) is 3.99. The van der Waals surface area contributed by atoms with E-state index in [1.807, 2.05) is 18.2 Å². The number of benzene rings is 1. The number of nitrogens with zero attached hydrogens (tertiary/aromatic N) is 1. The van der Waals surface area contributed by atoms with Gasteiger partial charge in [0.25, 0.3) is 0 Å². The lowest BCUT2D eigenvalue weighted by Crippen LogP contribution is -2.30. The van der Waals surface area contributed by atoms with Crippen molar-refractivity contribution in [2.24, 2.45) is 0 Å². The molecule has 1 aromatic rings. The first kappa shape index (κ1) is 13.5. The molecule has 0 atom stereocenters. The molecule has 0 saturated carbocycles. The minimum absolute atomic E-state index is 0.0676. The highest BCUT2D eigenvalue weighted by Crippen LogP contribution is 2.10. The monoisotopic (exact) mass is 251 g/mol. The van der Waals surface area contributed by atoms with Crippen molar-refractivity contribution in [1.29, 1.82) is 0 Å². The summed E-state index contributed by atoms with van der Waals surface area (Å²) >= 11 is 0. The molecule has 0 aromatic heterocycles. The number of ether oxygens (including phenoxy) is 2. The quantitative estimate of drug-likeness (QED) is 0.792. The fourth-order valence-electron chi connectivity index (χ4n) is 2.11. The molecular formula is C14H21NO3. The van der Waals surface area contributed by atoms with Gasteiger partial charge in [0.2, 0.25) is 0 Å². The van der Waals surface area contributed by atoms with Gasteiger partial charge in [-0.15, -0.1) is 0 Å². The third-order valence-electron chi connectivity index (χ3n) is 3.04. The van der Waals surface area contributed by atoms with Crippen molar-refractivity contribution in [3.8, 4) is 0 Å². The van der Waals surface area contributed by atoms with Crippen LogP contribution in [0.5, 0.6) is 0 Å². The van der Waals surface area contributed by atoms with Gasteiger partial charge in [-0.1, -0.05) is 30.3 Å². The van der Waals surface area contributed by atoms with Crippen molar-refractivity contribution in [3.05, 3.63) is 35.9 Å². The minimum Gasteiger partial charge on any atom is -0.395 e. The Labute approximate surface area is 108 Å². The van der Waals surface area contributed by atoms with Gasteiger partial charge in [-0.05, 0) is 5.56 Å². The molecule has 0 radical (unpaired) electrons. The molecule has 0 bridgehead atoms. The molecule has 18 heavy (non-hydrogen) atoms. The Balaban J connectivity index is 1.79. The van der Waals surface area contributed by atoms with E-state index in [1.54, 1.807) is 0 Å². The number of rotatable bonds is 7. The maximum Gasteiger partial charge on any atom is 0.159 e. The molecule has 0 unspecified atom stereocenters. The zero-order valence-electron chi connectivity index (χ0n) is 10.6. The Morgan fingerprint density at radius 3 is 2.50 bits per heavy atom. The minimum atomic E-state index is -0.0676. The smallest absolute Gasteiger partial charge is 0.159 e. The van der Waals surface area contributed by atoms with Crippen molar-refractivity contribution in [2.75, 3.05) is 32.9 Å². The van der Waals surface area contributed by atoms with E-state index in [2.05, 4.69) is 17.0 Å². The van der Waals surface area contributed by atoms with Crippen molar-refractivity contribution in [1.82, 2.24) is 4.90 Å². The van der Waals surface area contributed by atoms with Crippen LogP contribution in [-0.2, 0) is 16.0 Å². The molecule has 1 aliphatic rings. The summed E-state index contributed by atoms with van der Waals surface area (Å²) in [6.07, 6.45) is 0.786. The maximum absolute atomic E-state index is 9.10. The molecule has 1 heterocycles. The van der Waals surface area contributed by atoms with Crippen molar-refractivity contribution in [3.63, 3.8) is 0 Å². The van der Waals surface area contributed by atoms with Crippen LogP contribution in [0.3, 0.4) is 0 Å². The molecule has 4 heteroatoms. The second-order valence-electron chi connectivity index (χ2n) is 4.45. The van der Waals surface area contributed by atoms with E-state index >= 15 is 0 Å². The normalized spacial score (nSPS) is 16.6. The van der Waals surface area contributed by atoms with Crippen LogP contribution in [0.25, 0.3) is 0 Å². The van der Waals surface area contributed by atoms with E-state index in [9.17, 15) is 0 Å². The van der Waals surface area contributed by atoms with E-state index in [0.29, 0.717) is 19.8 Å². The van der Waals surface area contributed by atoms with Gasteiger partial charge >= 0.3 is 0 Å². The first-order valence-electron chi connectivity index (χ1n) is 6.49. The summed E-state index contributed by atoms with van der Waals surface area (Å²) in [5.74, 6) is 0. The number of hydrogen-bond donors (Lipinski definition) is 1. The second kappa shape index (κ2) is 7.48. The van der Waals surface area contributed by atoms with E-state index in [4.69, 9.17) is 14.6 Å². The third kappa shape index (κ3) is 4.38. The van der Waals surface area contributed by atoms with Crippen LogP contribution in [0.15, 0.2) is 30.3 Å². The lowest BCUT2D eigenvalue weighted by molar-refractivity contribution is -0.0524. The van der Waals surface area contributed by atoms with Gasteiger partial charge in [0.1, 0.15) is 0 Å². The molecular weight excluding hydrogens is 230 g/mol. The summed E-state index contributed by atoms with van der Waals surface area (Å²) < 4.78 is 10.8. The first-order chi connectivity index (χ1) is 8.88. The summed E-state index contributed by atoms with van der Waals surface area (Å²) in [7, 11) is 0. The van der Waals surface area contributed by atoms with Crippen molar-refractivity contribution >= 4 is 0 Å². The molecule has 100 valence electrons. The van der Waals surface area contributed by atoms with E-state index < -0.39 is 0 Å². The maximum atomic E-state index is 9.10. The summed E-state index contributed by atoms with van der Waals surface area (Å²) in [4.78, 5) is 2.22. The third-order valence-corrected chi connectivity index (χ3v) is 3.04. The highest BCUT2D eigenvalue weighted by molar-refractivity contribution is 5.14. The fourth-order valence-corrected chi connectivity index (χ4v) is 2.11. The highest BCUT2D eigenvalue weighted by Gasteiger charge is 2.17. The molecule has 1 N–H and O–H groups in total. The lowest BCUT2D eigenvalue weighted by atomic mass is 10.2. The van der Waals surface area contributed by atoms with E-state index in [0.717, 1.165) is 19.5 Å². The Kier molecular flexibility index (Phi) is 5.61. The molecule has 2 rings (SSSR count). The van der Waals surface area contributed by atoms with Gasteiger partial charge in [-0.2, -0.15) is 0 Å². The average molecular weight is 251 g/mol. The summed E-state index contributed by atoms with van der Waals surface area (Å²) in [6, 6.07) is 10.3. The van der Waals surface area contributed by atoms with Gasteiger partial charge in [0, 0.05) is 26.1 Å². The Bertz CT molecular complexity index is 325. The largest absolute Gasteiger partial charge is 0.395 e. The van der Waals surface area contributed by atoms with Crippen LogP contribution in [0.4, 0.5) is 0 Å². The summed E-state index contributed by atoms with van der Waals surface area (Å²) in [5, 5.41) is 9.10. The van der Waals surface area contributed by atoms with E-state index in [-0.39, 0.29) is 12.9 Å². The van der Waals surface area contributed by atoms with E-state index in [1.165, 1.54) is 5.56 Å². The zero-order chi connectivity index (χ0) is 12.6. The number of hydrogen-bond acceptors (Lipinski definition) is 4. The Hall–Kier alpha value is -0.940. The molecule has 1 aromatic carbocycles. The van der Waals surface area contributed by atoms with Crippen LogP contribution in [0, 0.1) is 0 Å².